The Bertz CT molecular complexity index is 763. The van der Waals surface area contributed by atoms with Crippen LogP contribution in [0.25, 0.3) is 11.3 Å². The molecule has 6 nitrogen and oxygen atoms in total. The van der Waals surface area contributed by atoms with E-state index in [9.17, 15) is 13.6 Å². The number of carbonyl (C=O) groups is 1. The Morgan fingerprint density at radius 2 is 1.92 bits per heavy atom. The summed E-state index contributed by atoms with van der Waals surface area (Å²) in [4.78, 5) is 20.4. The minimum atomic E-state index is -2.65. The van der Waals surface area contributed by atoms with Gasteiger partial charge in [0.1, 0.15) is 0 Å². The summed E-state index contributed by atoms with van der Waals surface area (Å²) in [6.45, 7) is 0. The molecule has 138 valence electrons. The molecule has 2 aromatic heterocycles. The Morgan fingerprint density at radius 1 is 1.15 bits per heavy atom. The van der Waals surface area contributed by atoms with Crippen LogP contribution in [-0.2, 0) is 4.79 Å². The molecule has 2 aliphatic rings. The number of amides is 1. The molecular weight excluding hydrogens is 340 g/mol. The Hall–Kier alpha value is -2.38. The number of hydrogen-bond acceptors (Lipinski definition) is 4. The van der Waals surface area contributed by atoms with Crippen molar-refractivity contribution in [1.82, 2.24) is 25.1 Å². The summed E-state index contributed by atoms with van der Waals surface area (Å²) in [6, 6.07) is 0.351. The van der Waals surface area contributed by atoms with E-state index >= 15 is 0 Å². The summed E-state index contributed by atoms with van der Waals surface area (Å²) >= 11 is 0. The highest BCUT2D eigenvalue weighted by atomic mass is 19.3. The zero-order valence-electron chi connectivity index (χ0n) is 14.3. The van der Waals surface area contributed by atoms with Crippen LogP contribution in [-0.4, -0.2) is 37.6 Å². The van der Waals surface area contributed by atoms with Gasteiger partial charge in [-0.2, -0.15) is 5.10 Å². The topological polar surface area (TPSA) is 72.7 Å². The smallest absolute Gasteiger partial charge is 0.249 e. The molecule has 0 saturated heterocycles. The van der Waals surface area contributed by atoms with E-state index in [0.717, 1.165) is 36.9 Å². The second-order valence-electron chi connectivity index (χ2n) is 7.27. The van der Waals surface area contributed by atoms with Crippen molar-refractivity contribution < 1.29 is 13.6 Å². The van der Waals surface area contributed by atoms with E-state index in [1.165, 1.54) is 0 Å². The minimum Gasteiger partial charge on any atom is -0.353 e. The van der Waals surface area contributed by atoms with Crippen LogP contribution in [0.5, 0.6) is 0 Å². The summed E-state index contributed by atoms with van der Waals surface area (Å²) in [5.74, 6) is -3.40. The Balaban J connectivity index is 1.29. The summed E-state index contributed by atoms with van der Waals surface area (Å²) in [5.41, 5.74) is 1.72. The molecule has 0 aliphatic heterocycles. The van der Waals surface area contributed by atoms with Crippen molar-refractivity contribution in [1.29, 1.82) is 0 Å². The number of halogens is 2. The van der Waals surface area contributed by atoms with E-state index in [0.29, 0.717) is 0 Å². The molecule has 1 N–H and O–H groups in total. The molecule has 1 amide bonds. The molecular formula is C18H21F2N5O. The fourth-order valence-electron chi connectivity index (χ4n) is 3.77. The number of aromatic nitrogens is 4. The number of alkyl halides is 2. The summed E-state index contributed by atoms with van der Waals surface area (Å²) < 4.78 is 27.7. The first-order chi connectivity index (χ1) is 12.5. The van der Waals surface area contributed by atoms with Gasteiger partial charge < -0.3 is 5.32 Å². The van der Waals surface area contributed by atoms with Crippen molar-refractivity contribution in [3.63, 3.8) is 0 Å². The molecule has 8 heteroatoms. The van der Waals surface area contributed by atoms with Crippen molar-refractivity contribution in [2.45, 2.75) is 56.5 Å². The van der Waals surface area contributed by atoms with Gasteiger partial charge in [0.2, 0.25) is 11.8 Å². The third-order valence-corrected chi connectivity index (χ3v) is 5.34. The molecule has 2 fully saturated rings. The molecule has 2 aromatic rings. The summed E-state index contributed by atoms with van der Waals surface area (Å²) in [7, 11) is 0. The number of carbonyl (C=O) groups excluding carboxylic acids is 1. The number of nitrogens with zero attached hydrogens (tertiary/aromatic N) is 4. The first-order valence-corrected chi connectivity index (χ1v) is 8.99. The molecule has 0 aromatic carbocycles. The van der Waals surface area contributed by atoms with Crippen molar-refractivity contribution in [3.8, 4) is 11.3 Å². The van der Waals surface area contributed by atoms with Crippen LogP contribution in [0.15, 0.2) is 31.0 Å². The molecule has 2 saturated carbocycles. The monoisotopic (exact) mass is 361 g/mol. The Labute approximate surface area is 150 Å². The molecule has 0 radical (unpaired) electrons. The quantitative estimate of drug-likeness (QED) is 0.909. The lowest BCUT2D eigenvalue weighted by Crippen LogP contribution is -2.48. The van der Waals surface area contributed by atoms with E-state index in [1.807, 2.05) is 10.9 Å². The van der Waals surface area contributed by atoms with E-state index in [2.05, 4.69) is 20.4 Å². The first kappa shape index (κ1) is 17.1. The van der Waals surface area contributed by atoms with Crippen molar-refractivity contribution in [3.05, 3.63) is 31.0 Å². The van der Waals surface area contributed by atoms with Crippen LogP contribution >= 0.6 is 0 Å². The number of hydrogen-bond donors (Lipinski definition) is 1. The van der Waals surface area contributed by atoms with Crippen LogP contribution in [0.2, 0.25) is 0 Å². The van der Waals surface area contributed by atoms with E-state index < -0.39 is 11.8 Å². The van der Waals surface area contributed by atoms with Gasteiger partial charge in [0.05, 0.1) is 24.1 Å². The van der Waals surface area contributed by atoms with Crippen molar-refractivity contribution in [2.75, 3.05) is 0 Å². The van der Waals surface area contributed by atoms with Crippen LogP contribution < -0.4 is 5.32 Å². The van der Waals surface area contributed by atoms with Crippen LogP contribution in [0.3, 0.4) is 0 Å². The van der Waals surface area contributed by atoms with Crippen LogP contribution in [0, 0.1) is 5.92 Å². The Kier molecular flexibility index (Phi) is 4.42. The van der Waals surface area contributed by atoms with Gasteiger partial charge in [-0.05, 0) is 25.7 Å². The second kappa shape index (κ2) is 6.74. The molecule has 0 spiro atoms. The van der Waals surface area contributed by atoms with Crippen LogP contribution in [0.4, 0.5) is 8.78 Å². The van der Waals surface area contributed by atoms with Crippen molar-refractivity contribution in [2.24, 2.45) is 5.92 Å². The fourth-order valence-corrected chi connectivity index (χ4v) is 3.77. The average Bonchev–Trinajstić information content (AvgIpc) is 3.11. The molecule has 0 atom stereocenters. The van der Waals surface area contributed by atoms with Gasteiger partial charge in [-0.15, -0.1) is 0 Å². The maximum absolute atomic E-state index is 12.9. The highest BCUT2D eigenvalue weighted by Crippen LogP contribution is 2.42. The largest absolute Gasteiger partial charge is 0.353 e. The predicted octanol–water partition coefficient (Wildman–Crippen LogP) is 2.99. The molecule has 26 heavy (non-hydrogen) atoms. The van der Waals surface area contributed by atoms with E-state index in [4.69, 9.17) is 0 Å². The van der Waals surface area contributed by atoms with Crippen LogP contribution in [0.1, 0.15) is 44.6 Å². The minimum absolute atomic E-state index is 0.0722. The lowest BCUT2D eigenvalue weighted by atomic mass is 9.80. The SMILES string of the molecule is O=C(NC1CCC(n2cc(-c3cnccn3)cn2)CC1)C1CC(F)(F)C1. The highest BCUT2D eigenvalue weighted by Gasteiger charge is 2.48. The number of rotatable bonds is 4. The third kappa shape index (κ3) is 3.59. The number of nitrogens with one attached hydrogen (secondary N) is 1. The maximum Gasteiger partial charge on any atom is 0.249 e. The fraction of sp³-hybridized carbons (Fsp3) is 0.556. The van der Waals surface area contributed by atoms with Gasteiger partial charge in [0, 0.05) is 49.0 Å². The first-order valence-electron chi connectivity index (χ1n) is 8.99. The van der Waals surface area contributed by atoms with E-state index in [-0.39, 0.29) is 30.8 Å². The van der Waals surface area contributed by atoms with Gasteiger partial charge >= 0.3 is 0 Å². The van der Waals surface area contributed by atoms with Gasteiger partial charge in [-0.3, -0.25) is 19.4 Å². The maximum atomic E-state index is 12.9. The third-order valence-electron chi connectivity index (χ3n) is 5.34. The molecule has 2 heterocycles. The molecule has 0 bridgehead atoms. The molecule has 2 aliphatic carbocycles. The zero-order valence-corrected chi connectivity index (χ0v) is 14.3. The van der Waals surface area contributed by atoms with E-state index in [1.54, 1.807) is 24.8 Å². The summed E-state index contributed by atoms with van der Waals surface area (Å²) in [5, 5.41) is 7.39. The Morgan fingerprint density at radius 3 is 2.58 bits per heavy atom. The van der Waals surface area contributed by atoms with Gasteiger partial charge in [0.25, 0.3) is 0 Å². The van der Waals surface area contributed by atoms with Gasteiger partial charge in [-0.25, -0.2) is 8.78 Å². The van der Waals surface area contributed by atoms with Gasteiger partial charge in [-0.1, -0.05) is 0 Å². The average molecular weight is 361 g/mol. The summed E-state index contributed by atoms with van der Waals surface area (Å²) in [6.07, 6.45) is 11.6. The molecule has 4 rings (SSSR count). The predicted molar refractivity (Wildman–Crippen MR) is 90.4 cm³/mol. The van der Waals surface area contributed by atoms with Gasteiger partial charge in [0.15, 0.2) is 0 Å². The second-order valence-corrected chi connectivity index (χ2v) is 7.27. The standard InChI is InChI=1S/C18H21F2N5O/c19-18(20)7-12(8-18)17(26)24-14-1-3-15(4-2-14)25-11-13(9-23-25)16-10-21-5-6-22-16/h5-6,9-12,14-15H,1-4,7-8H2,(H,24,26). The highest BCUT2D eigenvalue weighted by molar-refractivity contribution is 5.80. The lowest BCUT2D eigenvalue weighted by molar-refractivity contribution is -0.151. The lowest BCUT2D eigenvalue weighted by Gasteiger charge is -2.36. The molecule has 0 unspecified atom stereocenters. The zero-order chi connectivity index (χ0) is 18.1. The normalized spacial score (nSPS) is 25.5. The van der Waals surface area contributed by atoms with Crippen molar-refractivity contribution >= 4 is 5.91 Å².